The normalized spacial score (nSPS) is 22.8. The van der Waals surface area contributed by atoms with Gasteiger partial charge in [0.15, 0.2) is 14.9 Å². The molecule has 0 aromatic rings. The molecule has 0 aromatic heterocycles. The Bertz CT molecular complexity index is 485. The molecule has 8 heteroatoms. The zero-order valence-electron chi connectivity index (χ0n) is 11.8. The van der Waals surface area contributed by atoms with Crippen LogP contribution in [0.4, 0.5) is 0 Å². The van der Waals surface area contributed by atoms with E-state index < -0.39 is 24.9 Å². The molecule has 1 rings (SSSR count). The summed E-state index contributed by atoms with van der Waals surface area (Å²) < 4.78 is 48.2. The van der Waals surface area contributed by atoms with E-state index in [1.807, 2.05) is 13.8 Å². The van der Waals surface area contributed by atoms with Gasteiger partial charge in [0.2, 0.25) is 10.0 Å². The maximum Gasteiger partial charge on any atom is 0.228 e. The van der Waals surface area contributed by atoms with E-state index in [0.717, 1.165) is 25.5 Å². The van der Waals surface area contributed by atoms with Gasteiger partial charge in [-0.2, -0.15) is 4.31 Å². The molecule has 6 nitrogen and oxygen atoms in total. The van der Waals surface area contributed by atoms with Crippen LogP contribution in [0.2, 0.25) is 0 Å². The lowest BCUT2D eigenvalue weighted by molar-refractivity contribution is 0.243. The van der Waals surface area contributed by atoms with Gasteiger partial charge in [-0.25, -0.2) is 16.8 Å². The van der Waals surface area contributed by atoms with E-state index in [-0.39, 0.29) is 12.1 Å². The van der Waals surface area contributed by atoms with Crippen molar-refractivity contribution in [1.29, 1.82) is 0 Å². The Morgan fingerprint density at radius 3 is 2.37 bits per heavy atom. The Morgan fingerprint density at radius 2 is 1.84 bits per heavy atom. The lowest BCUT2D eigenvalue weighted by atomic mass is 10.0. The minimum atomic E-state index is -3.73. The Hall–Kier alpha value is -0.180. The first-order valence-electron chi connectivity index (χ1n) is 6.52. The molecule has 0 bridgehead atoms. The van der Waals surface area contributed by atoms with Crippen LogP contribution in [0.1, 0.15) is 33.1 Å². The third-order valence-corrected chi connectivity index (χ3v) is 7.15. The van der Waals surface area contributed by atoms with Gasteiger partial charge in [0, 0.05) is 31.4 Å². The largest absolute Gasteiger partial charge is 0.313 e. The molecule has 0 spiro atoms. The zero-order valence-corrected chi connectivity index (χ0v) is 13.4. The molecule has 1 heterocycles. The van der Waals surface area contributed by atoms with Crippen LogP contribution in [0.25, 0.3) is 0 Å². The summed E-state index contributed by atoms with van der Waals surface area (Å²) >= 11 is 0. The van der Waals surface area contributed by atoms with E-state index in [9.17, 15) is 16.8 Å². The predicted octanol–water partition coefficient (Wildman–Crippen LogP) is 0.171. The van der Waals surface area contributed by atoms with Crippen LogP contribution in [0.3, 0.4) is 0 Å². The zero-order chi connectivity index (χ0) is 14.7. The summed E-state index contributed by atoms with van der Waals surface area (Å²) in [7, 11) is -7.27. The monoisotopic (exact) mass is 312 g/mol. The van der Waals surface area contributed by atoms with Crippen molar-refractivity contribution in [3.05, 3.63) is 0 Å². The fraction of sp³-hybridized carbons (Fsp3) is 1.00. The van der Waals surface area contributed by atoms with Gasteiger partial charge in [-0.1, -0.05) is 20.3 Å². The molecule has 114 valence electrons. The highest BCUT2D eigenvalue weighted by Crippen LogP contribution is 2.21. The summed E-state index contributed by atoms with van der Waals surface area (Å²) in [5.74, 6) is 0. The first-order valence-corrected chi connectivity index (χ1v) is 10.2. The third-order valence-electron chi connectivity index (χ3n) is 3.06. The van der Waals surface area contributed by atoms with Crippen LogP contribution >= 0.6 is 0 Å². The molecule has 0 radical (unpaired) electrons. The molecule has 1 atom stereocenters. The van der Waals surface area contributed by atoms with Gasteiger partial charge >= 0.3 is 0 Å². The number of piperidine rings is 1. The van der Waals surface area contributed by atoms with Crippen molar-refractivity contribution in [1.82, 2.24) is 9.62 Å². The summed E-state index contributed by atoms with van der Waals surface area (Å²) in [4.78, 5) is 0. The van der Waals surface area contributed by atoms with Gasteiger partial charge in [-0.3, -0.25) is 0 Å². The van der Waals surface area contributed by atoms with E-state index in [1.54, 1.807) is 0 Å². The Morgan fingerprint density at radius 1 is 1.21 bits per heavy atom. The van der Waals surface area contributed by atoms with Gasteiger partial charge in [-0.15, -0.1) is 0 Å². The van der Waals surface area contributed by atoms with Crippen molar-refractivity contribution in [3.63, 3.8) is 0 Å². The first kappa shape index (κ1) is 16.9. The molecular weight excluding hydrogens is 288 g/mol. The van der Waals surface area contributed by atoms with Gasteiger partial charge < -0.3 is 5.32 Å². The second-order valence-electron chi connectivity index (χ2n) is 5.48. The molecule has 0 aliphatic carbocycles. The van der Waals surface area contributed by atoms with E-state index in [1.165, 1.54) is 4.31 Å². The molecule has 19 heavy (non-hydrogen) atoms. The summed E-state index contributed by atoms with van der Waals surface area (Å²) in [6.45, 7) is 4.99. The summed E-state index contributed by atoms with van der Waals surface area (Å²) in [5.41, 5.74) is 0. The van der Waals surface area contributed by atoms with Crippen LogP contribution in [-0.2, 0) is 19.9 Å². The fourth-order valence-corrected chi connectivity index (χ4v) is 6.00. The summed E-state index contributed by atoms with van der Waals surface area (Å²) in [5, 5.41) is 2.43. The molecule has 1 aliphatic rings. The minimum absolute atomic E-state index is 0.136. The van der Waals surface area contributed by atoms with Crippen LogP contribution in [0.15, 0.2) is 0 Å². The highest BCUT2D eigenvalue weighted by Gasteiger charge is 2.34. The quantitative estimate of drug-likeness (QED) is 0.756. The predicted molar refractivity (Wildman–Crippen MR) is 76.1 cm³/mol. The maximum atomic E-state index is 12.2. The van der Waals surface area contributed by atoms with Gasteiger partial charge in [0.1, 0.15) is 0 Å². The van der Waals surface area contributed by atoms with E-state index in [2.05, 4.69) is 5.32 Å². The van der Waals surface area contributed by atoms with Gasteiger partial charge in [-0.05, 0) is 12.8 Å². The Balaban J connectivity index is 2.81. The number of nitrogens with one attached hydrogen (secondary N) is 1. The molecular formula is C11H24N2O4S2. The molecule has 1 aliphatic heterocycles. The van der Waals surface area contributed by atoms with Crippen LogP contribution in [0, 0.1) is 0 Å². The lowest BCUT2D eigenvalue weighted by Crippen LogP contribution is -2.50. The van der Waals surface area contributed by atoms with Gasteiger partial charge in [0.25, 0.3) is 0 Å². The Labute approximate surface area is 116 Å². The average Bonchev–Trinajstić information content (AvgIpc) is 2.23. The lowest BCUT2D eigenvalue weighted by Gasteiger charge is -2.35. The van der Waals surface area contributed by atoms with Gasteiger partial charge in [0.05, 0.1) is 0 Å². The highest BCUT2D eigenvalue weighted by atomic mass is 32.3. The topological polar surface area (TPSA) is 83.6 Å². The number of rotatable bonds is 6. The van der Waals surface area contributed by atoms with Crippen LogP contribution < -0.4 is 5.32 Å². The summed E-state index contributed by atoms with van der Waals surface area (Å²) in [6, 6.07) is 0.143. The maximum absolute atomic E-state index is 12.2. The Kier molecular flexibility index (Phi) is 5.78. The van der Waals surface area contributed by atoms with Crippen molar-refractivity contribution in [2.75, 3.05) is 24.4 Å². The summed E-state index contributed by atoms with van der Waals surface area (Å²) in [6.07, 6.45) is 3.51. The molecule has 0 aromatic carbocycles. The standard InChI is InChI=1S/C11H24N2O4S2/c1-10(2)12-8-11-6-4-5-7-13(11)19(16,17)9-18(3,14)15/h10-12H,4-9H2,1-3H3. The van der Waals surface area contributed by atoms with Crippen molar-refractivity contribution in [2.24, 2.45) is 0 Å². The molecule has 1 fully saturated rings. The molecule has 1 saturated heterocycles. The molecule has 1 N–H and O–H groups in total. The number of hydrogen-bond acceptors (Lipinski definition) is 5. The number of sulfone groups is 1. The van der Waals surface area contributed by atoms with E-state index in [4.69, 9.17) is 0 Å². The average molecular weight is 312 g/mol. The SMILES string of the molecule is CC(C)NCC1CCCCN1S(=O)(=O)CS(C)(=O)=O. The molecule has 0 amide bonds. The van der Waals surface area contributed by atoms with Crippen molar-refractivity contribution in [3.8, 4) is 0 Å². The minimum Gasteiger partial charge on any atom is -0.313 e. The van der Waals surface area contributed by atoms with E-state index >= 15 is 0 Å². The van der Waals surface area contributed by atoms with Crippen molar-refractivity contribution >= 4 is 19.9 Å². The fourth-order valence-electron chi connectivity index (χ4n) is 2.25. The number of sulfonamides is 1. The second kappa shape index (κ2) is 6.51. The number of hydrogen-bond donors (Lipinski definition) is 1. The third kappa shape index (κ3) is 5.76. The van der Waals surface area contributed by atoms with Crippen molar-refractivity contribution in [2.45, 2.75) is 45.2 Å². The van der Waals surface area contributed by atoms with Crippen LogP contribution in [0.5, 0.6) is 0 Å². The second-order valence-corrected chi connectivity index (χ2v) is 9.91. The smallest absolute Gasteiger partial charge is 0.228 e. The highest BCUT2D eigenvalue weighted by molar-refractivity contribution is 8.06. The molecule has 1 unspecified atom stereocenters. The van der Waals surface area contributed by atoms with E-state index in [0.29, 0.717) is 13.1 Å². The first-order chi connectivity index (χ1) is 8.62. The van der Waals surface area contributed by atoms with Crippen LogP contribution in [-0.4, -0.2) is 57.7 Å². The van der Waals surface area contributed by atoms with Crippen molar-refractivity contribution < 1.29 is 16.8 Å². The molecule has 0 saturated carbocycles. The number of nitrogens with zero attached hydrogens (tertiary/aromatic N) is 1.